The SMILES string of the molecule is CNC(C)c1ccc(Oc2ccc(C#N)c(F)c2)c(Br)c1. The number of nitrogens with one attached hydrogen (secondary N) is 1. The van der Waals surface area contributed by atoms with Crippen LogP contribution < -0.4 is 10.1 Å². The molecule has 0 saturated carbocycles. The summed E-state index contributed by atoms with van der Waals surface area (Å²) < 4.78 is 20.0. The van der Waals surface area contributed by atoms with E-state index in [1.54, 1.807) is 12.1 Å². The van der Waals surface area contributed by atoms with Gasteiger partial charge in [0.05, 0.1) is 10.0 Å². The van der Waals surface area contributed by atoms with Gasteiger partial charge in [-0.2, -0.15) is 5.26 Å². The molecule has 108 valence electrons. The molecule has 0 aromatic heterocycles. The zero-order valence-corrected chi connectivity index (χ0v) is 13.2. The number of rotatable bonds is 4. The van der Waals surface area contributed by atoms with E-state index in [2.05, 4.69) is 28.2 Å². The second-order valence-electron chi connectivity index (χ2n) is 4.56. The molecule has 2 aromatic rings. The van der Waals surface area contributed by atoms with Crippen molar-refractivity contribution >= 4 is 15.9 Å². The molecule has 0 fully saturated rings. The summed E-state index contributed by atoms with van der Waals surface area (Å²) in [6.45, 7) is 2.05. The molecule has 2 rings (SSSR count). The third kappa shape index (κ3) is 3.60. The molecular weight excluding hydrogens is 335 g/mol. The standard InChI is InChI=1S/C16H14BrFN2O/c1-10(20-2)11-4-6-16(14(17)7-11)21-13-5-3-12(9-19)15(18)8-13/h3-8,10,20H,1-2H3. The fraction of sp³-hybridized carbons (Fsp3) is 0.188. The van der Waals surface area contributed by atoms with Crippen molar-refractivity contribution in [3.8, 4) is 17.6 Å². The van der Waals surface area contributed by atoms with E-state index in [-0.39, 0.29) is 11.6 Å². The molecule has 3 nitrogen and oxygen atoms in total. The molecule has 1 atom stereocenters. The maximum absolute atomic E-state index is 13.5. The maximum Gasteiger partial charge on any atom is 0.144 e. The van der Waals surface area contributed by atoms with Gasteiger partial charge in [-0.3, -0.25) is 0 Å². The van der Waals surface area contributed by atoms with Crippen molar-refractivity contribution < 1.29 is 9.13 Å². The van der Waals surface area contributed by atoms with Gasteiger partial charge < -0.3 is 10.1 Å². The van der Waals surface area contributed by atoms with Gasteiger partial charge in [0.25, 0.3) is 0 Å². The van der Waals surface area contributed by atoms with E-state index in [1.807, 2.05) is 25.2 Å². The van der Waals surface area contributed by atoms with Crippen molar-refractivity contribution in [3.63, 3.8) is 0 Å². The van der Waals surface area contributed by atoms with Crippen LogP contribution in [0.3, 0.4) is 0 Å². The summed E-state index contributed by atoms with van der Waals surface area (Å²) in [5, 5.41) is 11.9. The number of nitriles is 1. The number of nitrogens with zero attached hydrogens (tertiary/aromatic N) is 1. The van der Waals surface area contributed by atoms with Crippen LogP contribution >= 0.6 is 15.9 Å². The number of ether oxygens (including phenoxy) is 1. The topological polar surface area (TPSA) is 45.0 Å². The van der Waals surface area contributed by atoms with Crippen LogP contribution in [-0.2, 0) is 0 Å². The van der Waals surface area contributed by atoms with Crippen LogP contribution in [-0.4, -0.2) is 7.05 Å². The Hall–Kier alpha value is -1.90. The summed E-state index contributed by atoms with van der Waals surface area (Å²) in [7, 11) is 1.89. The Kier molecular flexibility index (Phi) is 4.94. The van der Waals surface area contributed by atoms with Crippen LogP contribution in [0.15, 0.2) is 40.9 Å². The minimum atomic E-state index is -0.591. The fourth-order valence-corrected chi connectivity index (χ4v) is 2.29. The Morgan fingerprint density at radius 3 is 2.62 bits per heavy atom. The highest BCUT2D eigenvalue weighted by Crippen LogP contribution is 2.32. The molecule has 0 aliphatic carbocycles. The highest BCUT2D eigenvalue weighted by Gasteiger charge is 2.09. The normalized spacial score (nSPS) is 11.8. The average molecular weight is 349 g/mol. The molecule has 0 radical (unpaired) electrons. The zero-order valence-electron chi connectivity index (χ0n) is 11.7. The minimum Gasteiger partial charge on any atom is -0.456 e. The van der Waals surface area contributed by atoms with Crippen molar-refractivity contribution in [1.82, 2.24) is 5.32 Å². The summed E-state index contributed by atoms with van der Waals surface area (Å²) in [5.74, 6) is 0.347. The van der Waals surface area contributed by atoms with E-state index in [0.29, 0.717) is 11.5 Å². The van der Waals surface area contributed by atoms with Gasteiger partial charge in [0.15, 0.2) is 0 Å². The van der Waals surface area contributed by atoms with Gasteiger partial charge in [0.2, 0.25) is 0 Å². The first-order valence-corrected chi connectivity index (χ1v) is 7.18. The van der Waals surface area contributed by atoms with E-state index in [4.69, 9.17) is 10.00 Å². The molecule has 0 heterocycles. The Morgan fingerprint density at radius 1 is 1.29 bits per heavy atom. The van der Waals surface area contributed by atoms with Crippen LogP contribution in [0.2, 0.25) is 0 Å². The van der Waals surface area contributed by atoms with Crippen molar-refractivity contribution in [3.05, 3.63) is 57.8 Å². The third-order valence-electron chi connectivity index (χ3n) is 3.18. The molecule has 1 N–H and O–H groups in total. The second-order valence-corrected chi connectivity index (χ2v) is 5.41. The van der Waals surface area contributed by atoms with Crippen molar-refractivity contribution in [2.45, 2.75) is 13.0 Å². The molecule has 0 bridgehead atoms. The third-order valence-corrected chi connectivity index (χ3v) is 3.80. The lowest BCUT2D eigenvalue weighted by molar-refractivity contribution is 0.473. The molecule has 0 spiro atoms. The molecular formula is C16H14BrFN2O. The van der Waals surface area contributed by atoms with Gasteiger partial charge in [-0.05, 0) is 59.7 Å². The highest BCUT2D eigenvalue weighted by molar-refractivity contribution is 9.10. The Morgan fingerprint density at radius 2 is 2.05 bits per heavy atom. The van der Waals surface area contributed by atoms with E-state index < -0.39 is 5.82 Å². The molecule has 0 aliphatic heterocycles. The van der Waals surface area contributed by atoms with E-state index in [1.165, 1.54) is 12.1 Å². The molecule has 21 heavy (non-hydrogen) atoms. The molecule has 0 aliphatic rings. The first kappa shape index (κ1) is 15.5. The van der Waals surface area contributed by atoms with Crippen LogP contribution in [0.4, 0.5) is 4.39 Å². The van der Waals surface area contributed by atoms with Gasteiger partial charge in [-0.15, -0.1) is 0 Å². The lowest BCUT2D eigenvalue weighted by Crippen LogP contribution is -2.12. The molecule has 1 unspecified atom stereocenters. The summed E-state index contributed by atoms with van der Waals surface area (Å²) in [5.41, 5.74) is 1.11. The lowest BCUT2D eigenvalue weighted by Gasteiger charge is -2.13. The van der Waals surface area contributed by atoms with Gasteiger partial charge in [-0.1, -0.05) is 6.07 Å². The predicted molar refractivity (Wildman–Crippen MR) is 82.8 cm³/mol. The molecule has 2 aromatic carbocycles. The van der Waals surface area contributed by atoms with E-state index in [9.17, 15) is 4.39 Å². The summed E-state index contributed by atoms with van der Waals surface area (Å²) in [4.78, 5) is 0. The minimum absolute atomic E-state index is 0.000362. The van der Waals surface area contributed by atoms with Crippen LogP contribution in [0, 0.1) is 17.1 Å². The Bertz CT molecular complexity index is 697. The predicted octanol–water partition coefficient (Wildman–Crippen LogP) is 4.53. The Balaban J connectivity index is 2.24. The van der Waals surface area contributed by atoms with Crippen molar-refractivity contribution in [2.24, 2.45) is 0 Å². The van der Waals surface area contributed by atoms with Gasteiger partial charge in [-0.25, -0.2) is 4.39 Å². The van der Waals surface area contributed by atoms with E-state index >= 15 is 0 Å². The van der Waals surface area contributed by atoms with Gasteiger partial charge in [0, 0.05) is 12.1 Å². The summed E-state index contributed by atoms with van der Waals surface area (Å²) in [6, 6.07) is 11.9. The number of hydrogen-bond acceptors (Lipinski definition) is 3. The van der Waals surface area contributed by atoms with Crippen LogP contribution in [0.5, 0.6) is 11.5 Å². The second kappa shape index (κ2) is 6.70. The number of benzene rings is 2. The smallest absolute Gasteiger partial charge is 0.144 e. The quantitative estimate of drug-likeness (QED) is 0.882. The first-order chi connectivity index (χ1) is 10.0. The van der Waals surface area contributed by atoms with Gasteiger partial charge in [0.1, 0.15) is 23.4 Å². The van der Waals surface area contributed by atoms with Crippen molar-refractivity contribution in [1.29, 1.82) is 5.26 Å². The molecule has 0 amide bonds. The van der Waals surface area contributed by atoms with Crippen molar-refractivity contribution in [2.75, 3.05) is 7.05 Å². The highest BCUT2D eigenvalue weighted by atomic mass is 79.9. The average Bonchev–Trinajstić information content (AvgIpc) is 2.48. The number of hydrogen-bond donors (Lipinski definition) is 1. The maximum atomic E-state index is 13.5. The van der Waals surface area contributed by atoms with Gasteiger partial charge >= 0.3 is 0 Å². The Labute approximate surface area is 131 Å². The fourth-order valence-electron chi connectivity index (χ4n) is 1.81. The van der Waals surface area contributed by atoms with Crippen LogP contribution in [0.25, 0.3) is 0 Å². The van der Waals surface area contributed by atoms with E-state index in [0.717, 1.165) is 10.0 Å². The van der Waals surface area contributed by atoms with Crippen LogP contribution in [0.1, 0.15) is 24.1 Å². The zero-order chi connectivity index (χ0) is 15.4. The first-order valence-electron chi connectivity index (χ1n) is 6.39. The molecule has 0 saturated heterocycles. The lowest BCUT2D eigenvalue weighted by atomic mass is 10.1. The number of halogens is 2. The summed E-state index contributed by atoms with van der Waals surface area (Å²) in [6.07, 6.45) is 0. The summed E-state index contributed by atoms with van der Waals surface area (Å²) >= 11 is 3.45. The molecule has 5 heteroatoms. The monoisotopic (exact) mass is 348 g/mol. The largest absolute Gasteiger partial charge is 0.456 e.